The molecule has 0 spiro atoms. The number of imide groups is 1. The van der Waals surface area contributed by atoms with Crippen LogP contribution in [0.15, 0.2) is 82.3 Å². The second-order valence-corrected chi connectivity index (χ2v) is 9.69. The van der Waals surface area contributed by atoms with Crippen molar-refractivity contribution in [2.24, 2.45) is 16.8 Å². The molecule has 164 valence electrons. The normalized spacial score (nSPS) is 27.1. The molecule has 1 saturated heterocycles. The van der Waals surface area contributed by atoms with Crippen LogP contribution in [0.25, 0.3) is 0 Å². The summed E-state index contributed by atoms with van der Waals surface area (Å²) in [5, 5.41) is 9.40. The molecule has 1 fully saturated rings. The number of nitrogens with zero attached hydrogens (tertiary/aromatic N) is 2. The van der Waals surface area contributed by atoms with Gasteiger partial charge in [-0.1, -0.05) is 64.5 Å². The van der Waals surface area contributed by atoms with Crippen molar-refractivity contribution in [3.63, 3.8) is 0 Å². The average molecular weight is 501 g/mol. The predicted octanol–water partition coefficient (Wildman–Crippen LogP) is 4.06. The number of halogens is 1. The molecule has 3 aromatic rings. The monoisotopic (exact) mass is 500 g/mol. The van der Waals surface area contributed by atoms with Crippen LogP contribution >= 0.6 is 15.9 Å². The van der Waals surface area contributed by atoms with Gasteiger partial charge in [0, 0.05) is 16.6 Å². The van der Waals surface area contributed by atoms with Crippen LogP contribution in [-0.2, 0) is 15.0 Å². The predicted molar refractivity (Wildman–Crippen MR) is 130 cm³/mol. The van der Waals surface area contributed by atoms with Crippen LogP contribution in [-0.4, -0.2) is 36.3 Å². The Morgan fingerprint density at radius 3 is 2.12 bits per heavy atom. The molecule has 3 aliphatic carbocycles. The highest BCUT2D eigenvalue weighted by molar-refractivity contribution is 9.10. The first kappa shape index (κ1) is 20.5. The quantitative estimate of drug-likeness (QED) is 0.433. The van der Waals surface area contributed by atoms with Crippen molar-refractivity contribution < 1.29 is 14.7 Å². The highest BCUT2D eigenvalue weighted by Crippen LogP contribution is 2.63. The van der Waals surface area contributed by atoms with Gasteiger partial charge in [-0.05, 0) is 46.5 Å². The Balaban J connectivity index is 1.63. The Hall–Kier alpha value is -3.09. The van der Waals surface area contributed by atoms with E-state index in [1.54, 1.807) is 12.1 Å². The van der Waals surface area contributed by atoms with Gasteiger partial charge in [0.15, 0.2) is 0 Å². The van der Waals surface area contributed by atoms with E-state index in [-0.39, 0.29) is 30.9 Å². The molecule has 0 radical (unpaired) electrons. The van der Waals surface area contributed by atoms with Gasteiger partial charge in [-0.2, -0.15) is 0 Å². The van der Waals surface area contributed by atoms with E-state index >= 15 is 0 Å². The zero-order chi connectivity index (χ0) is 22.7. The standard InChI is InChI=1S/C27H21BrN2O3/c28-16-9-11-17(12-10-16)30-25(32)23-22-18-5-1-3-7-20(18)27(15-29-13-14-31,24(23)26(30)33)21-8-4-2-6-19(21)22/h1-12,15,22-24,31H,13-14H2/t22?,23-,24+,27?/m0/s1. The minimum atomic E-state index is -0.862. The summed E-state index contributed by atoms with van der Waals surface area (Å²) >= 11 is 3.43. The maximum atomic E-state index is 14.1. The van der Waals surface area contributed by atoms with Crippen LogP contribution in [0.1, 0.15) is 28.2 Å². The first-order valence-electron chi connectivity index (χ1n) is 11.0. The van der Waals surface area contributed by atoms with Crippen LogP contribution in [0.4, 0.5) is 5.69 Å². The molecule has 0 unspecified atom stereocenters. The van der Waals surface area contributed by atoms with Crippen molar-refractivity contribution in [1.82, 2.24) is 0 Å². The molecule has 1 N–H and O–H groups in total. The van der Waals surface area contributed by atoms with Crippen LogP contribution < -0.4 is 4.90 Å². The van der Waals surface area contributed by atoms with Gasteiger partial charge in [0.25, 0.3) is 0 Å². The van der Waals surface area contributed by atoms with Gasteiger partial charge >= 0.3 is 0 Å². The number of aliphatic hydroxyl groups is 1. The van der Waals surface area contributed by atoms with Crippen molar-refractivity contribution in [3.05, 3.63) is 99.5 Å². The molecule has 0 aromatic heterocycles. The first-order chi connectivity index (χ1) is 16.1. The highest BCUT2D eigenvalue weighted by Gasteiger charge is 2.67. The Kier molecular flexibility index (Phi) is 4.64. The lowest BCUT2D eigenvalue weighted by molar-refractivity contribution is -0.122. The van der Waals surface area contributed by atoms with E-state index in [1.807, 2.05) is 42.6 Å². The summed E-state index contributed by atoms with van der Waals surface area (Å²) in [7, 11) is 0. The van der Waals surface area contributed by atoms with E-state index in [1.165, 1.54) is 4.90 Å². The molecule has 33 heavy (non-hydrogen) atoms. The maximum Gasteiger partial charge on any atom is 0.239 e. The smallest absolute Gasteiger partial charge is 0.239 e. The van der Waals surface area contributed by atoms with E-state index in [9.17, 15) is 14.7 Å². The third kappa shape index (κ3) is 2.65. The number of aliphatic imine (C=N–C) groups is 1. The summed E-state index contributed by atoms with van der Waals surface area (Å²) < 4.78 is 0.884. The number of hydrogen-bond acceptors (Lipinski definition) is 4. The lowest BCUT2D eigenvalue weighted by Crippen LogP contribution is -2.54. The zero-order valence-electron chi connectivity index (χ0n) is 17.7. The molecule has 5 nitrogen and oxygen atoms in total. The van der Waals surface area contributed by atoms with Gasteiger partial charge in [-0.15, -0.1) is 0 Å². The fourth-order valence-corrected chi connectivity index (χ4v) is 6.43. The fraction of sp³-hybridized carbons (Fsp3) is 0.222. The molecule has 0 saturated carbocycles. The number of anilines is 1. The molecule has 7 rings (SSSR count). The van der Waals surface area contributed by atoms with Gasteiger partial charge in [-0.25, -0.2) is 4.90 Å². The molecule has 2 amide bonds. The summed E-state index contributed by atoms with van der Waals surface area (Å²) in [4.78, 5) is 33.9. The topological polar surface area (TPSA) is 70.0 Å². The highest BCUT2D eigenvalue weighted by atomic mass is 79.9. The molecule has 2 bridgehead atoms. The van der Waals surface area contributed by atoms with E-state index < -0.39 is 17.3 Å². The van der Waals surface area contributed by atoms with Gasteiger partial charge < -0.3 is 5.11 Å². The van der Waals surface area contributed by atoms with E-state index in [0.717, 1.165) is 26.7 Å². The van der Waals surface area contributed by atoms with E-state index in [0.29, 0.717) is 5.69 Å². The number of benzene rings is 3. The first-order valence-corrected chi connectivity index (χ1v) is 11.8. The summed E-state index contributed by atoms with van der Waals surface area (Å²) in [6, 6.07) is 23.5. The van der Waals surface area contributed by atoms with E-state index in [4.69, 9.17) is 0 Å². The molecule has 2 atom stereocenters. The van der Waals surface area contributed by atoms with Crippen LogP contribution in [0.2, 0.25) is 0 Å². The van der Waals surface area contributed by atoms with Gasteiger partial charge in [0.2, 0.25) is 11.8 Å². The minimum absolute atomic E-state index is 0.0789. The van der Waals surface area contributed by atoms with Crippen molar-refractivity contribution in [2.45, 2.75) is 11.3 Å². The third-order valence-electron chi connectivity index (χ3n) is 7.29. The Morgan fingerprint density at radius 2 is 1.52 bits per heavy atom. The molecule has 6 heteroatoms. The molecular weight excluding hydrogens is 480 g/mol. The number of rotatable bonds is 4. The Bertz CT molecular complexity index is 1270. The number of carbonyl (C=O) groups excluding carboxylic acids is 2. The van der Waals surface area contributed by atoms with Gasteiger partial charge in [0.1, 0.15) is 0 Å². The van der Waals surface area contributed by atoms with Crippen LogP contribution in [0.3, 0.4) is 0 Å². The second-order valence-electron chi connectivity index (χ2n) is 8.77. The number of aliphatic hydroxyl groups excluding tert-OH is 1. The van der Waals surface area contributed by atoms with Crippen molar-refractivity contribution in [2.75, 3.05) is 18.1 Å². The van der Waals surface area contributed by atoms with E-state index in [2.05, 4.69) is 45.2 Å². The lowest BCUT2D eigenvalue weighted by atomic mass is 9.47. The summed E-state index contributed by atoms with van der Waals surface area (Å²) in [6.45, 7) is 0.163. The largest absolute Gasteiger partial charge is 0.394 e. The third-order valence-corrected chi connectivity index (χ3v) is 7.82. The average Bonchev–Trinajstić information content (AvgIpc) is 3.11. The maximum absolute atomic E-state index is 14.1. The van der Waals surface area contributed by atoms with Crippen molar-refractivity contribution in [1.29, 1.82) is 0 Å². The SMILES string of the molecule is O=C1[C@H]2C3c4ccccc4C(C=NCCO)(c4ccccc43)[C@H]2C(=O)N1c1ccc(Br)cc1. The zero-order valence-corrected chi connectivity index (χ0v) is 19.3. The molecule has 1 aliphatic heterocycles. The summed E-state index contributed by atoms with van der Waals surface area (Å²) in [5.41, 5.74) is 3.92. The second kappa shape index (κ2) is 7.47. The number of carbonyl (C=O) groups is 2. The fourth-order valence-electron chi connectivity index (χ4n) is 6.16. The van der Waals surface area contributed by atoms with Crippen molar-refractivity contribution >= 4 is 39.6 Å². The molecule has 1 heterocycles. The molecule has 4 aliphatic rings. The number of hydrogen-bond donors (Lipinski definition) is 1. The molecule has 3 aromatic carbocycles. The molecular formula is C27H21BrN2O3. The van der Waals surface area contributed by atoms with Crippen LogP contribution in [0.5, 0.6) is 0 Å². The minimum Gasteiger partial charge on any atom is -0.394 e. The van der Waals surface area contributed by atoms with Gasteiger partial charge in [0.05, 0.1) is 36.1 Å². The Labute approximate surface area is 199 Å². The Morgan fingerprint density at radius 1 is 0.909 bits per heavy atom. The summed E-state index contributed by atoms with van der Waals surface area (Å²) in [5.74, 6) is -1.65. The van der Waals surface area contributed by atoms with Crippen LogP contribution in [0, 0.1) is 11.8 Å². The number of amides is 2. The van der Waals surface area contributed by atoms with Crippen molar-refractivity contribution in [3.8, 4) is 0 Å². The van der Waals surface area contributed by atoms with Gasteiger partial charge in [-0.3, -0.25) is 14.6 Å². The lowest BCUT2D eigenvalue weighted by Gasteiger charge is -2.52. The summed E-state index contributed by atoms with van der Waals surface area (Å²) in [6.07, 6.45) is 1.82.